The van der Waals surface area contributed by atoms with Crippen LogP contribution in [0.1, 0.15) is 37.2 Å². The SMILES string of the molecule is Cc1nc(CN2C(=O)C(=Cc3cc(C(=O)NCCN4CCOCC4)c[nH]3)c3c(Cl)nc(N)nc32)sc1C. The van der Waals surface area contributed by atoms with Gasteiger partial charge in [-0.2, -0.15) is 4.98 Å². The van der Waals surface area contributed by atoms with Crippen LogP contribution < -0.4 is 16.0 Å². The third kappa shape index (κ3) is 5.37. The number of carbonyl (C=O) groups is 2. The van der Waals surface area contributed by atoms with Crippen molar-refractivity contribution in [1.82, 2.24) is 30.2 Å². The van der Waals surface area contributed by atoms with E-state index in [1.165, 1.54) is 16.2 Å². The fourth-order valence-corrected chi connectivity index (χ4v) is 5.47. The summed E-state index contributed by atoms with van der Waals surface area (Å²) >= 11 is 7.95. The van der Waals surface area contributed by atoms with E-state index >= 15 is 0 Å². The van der Waals surface area contributed by atoms with Gasteiger partial charge in [0, 0.05) is 42.9 Å². The van der Waals surface area contributed by atoms with Crippen LogP contribution in [0.5, 0.6) is 0 Å². The molecule has 2 amide bonds. The fraction of sp³-hybridized carbons (Fsp3) is 0.375. The number of H-pyrrole nitrogens is 1. The Kier molecular flexibility index (Phi) is 7.24. The van der Waals surface area contributed by atoms with E-state index in [4.69, 9.17) is 22.1 Å². The zero-order valence-electron chi connectivity index (χ0n) is 20.5. The van der Waals surface area contributed by atoms with Gasteiger partial charge in [-0.25, -0.2) is 9.97 Å². The molecule has 194 valence electrons. The van der Waals surface area contributed by atoms with Gasteiger partial charge in [0.25, 0.3) is 11.8 Å². The van der Waals surface area contributed by atoms with Gasteiger partial charge in [0.05, 0.1) is 42.2 Å². The van der Waals surface area contributed by atoms with Crippen LogP contribution in [0.4, 0.5) is 11.8 Å². The molecule has 0 spiro atoms. The third-order valence-electron chi connectivity index (χ3n) is 6.31. The van der Waals surface area contributed by atoms with Crippen molar-refractivity contribution in [2.24, 2.45) is 0 Å². The van der Waals surface area contributed by atoms with E-state index in [2.05, 4.69) is 30.2 Å². The second kappa shape index (κ2) is 10.6. The predicted octanol–water partition coefficient (Wildman–Crippen LogP) is 2.26. The van der Waals surface area contributed by atoms with Gasteiger partial charge in [-0.1, -0.05) is 11.6 Å². The number of nitrogens with two attached hydrogens (primary N) is 1. The average Bonchev–Trinajstić information content (AvgIpc) is 3.53. The number of thiazole rings is 1. The zero-order valence-corrected chi connectivity index (χ0v) is 22.1. The molecule has 0 radical (unpaired) electrons. The number of aryl methyl sites for hydroxylation is 2. The number of nitrogen functional groups attached to an aromatic ring is 1. The molecule has 13 heteroatoms. The van der Waals surface area contributed by atoms with E-state index in [1.54, 1.807) is 18.3 Å². The summed E-state index contributed by atoms with van der Waals surface area (Å²) in [6.07, 6.45) is 3.26. The van der Waals surface area contributed by atoms with Crippen LogP contribution in [0.3, 0.4) is 0 Å². The topological polar surface area (TPSA) is 142 Å². The van der Waals surface area contributed by atoms with Gasteiger partial charge in [-0.05, 0) is 26.0 Å². The van der Waals surface area contributed by atoms with Gasteiger partial charge < -0.3 is 20.8 Å². The molecule has 0 aliphatic carbocycles. The molecule has 5 rings (SSSR count). The third-order valence-corrected chi connectivity index (χ3v) is 7.65. The molecule has 5 heterocycles. The number of hydrogen-bond donors (Lipinski definition) is 3. The molecule has 1 fully saturated rings. The number of carbonyl (C=O) groups excluding carboxylic acids is 2. The number of aromatic amines is 1. The van der Waals surface area contributed by atoms with Crippen LogP contribution in [0.2, 0.25) is 5.15 Å². The van der Waals surface area contributed by atoms with Crippen LogP contribution in [-0.4, -0.2) is 76.0 Å². The largest absolute Gasteiger partial charge is 0.379 e. The van der Waals surface area contributed by atoms with Crippen LogP contribution in [0.15, 0.2) is 12.3 Å². The van der Waals surface area contributed by atoms with E-state index in [0.29, 0.717) is 48.0 Å². The number of amides is 2. The minimum Gasteiger partial charge on any atom is -0.379 e. The zero-order chi connectivity index (χ0) is 26.1. The normalized spacial score (nSPS) is 17.0. The van der Waals surface area contributed by atoms with E-state index < -0.39 is 0 Å². The summed E-state index contributed by atoms with van der Waals surface area (Å²) < 4.78 is 5.35. The molecule has 2 aliphatic heterocycles. The summed E-state index contributed by atoms with van der Waals surface area (Å²) in [4.78, 5) is 47.0. The van der Waals surface area contributed by atoms with Gasteiger partial charge in [0.2, 0.25) is 5.95 Å². The number of morpholine rings is 1. The molecule has 11 nitrogen and oxygen atoms in total. The van der Waals surface area contributed by atoms with E-state index in [0.717, 1.165) is 35.2 Å². The number of ether oxygens (including phenoxy) is 1. The standard InChI is InChI=1S/C24H27ClN8O3S/c1-13-14(2)37-18(29-13)12-33-21-19(20(25)30-24(26)31-21)17(23(33)35)10-16-9-15(11-28-16)22(34)27-3-4-32-5-7-36-8-6-32/h9-11,28H,3-8,12H2,1-2H3,(H,27,34)(H2,26,30,31). The van der Waals surface area contributed by atoms with Gasteiger partial charge in [0.1, 0.15) is 10.2 Å². The number of nitrogens with one attached hydrogen (secondary N) is 2. The molecular weight excluding hydrogens is 516 g/mol. The lowest BCUT2D eigenvalue weighted by molar-refractivity contribution is -0.113. The highest BCUT2D eigenvalue weighted by molar-refractivity contribution is 7.11. The number of nitrogens with zero attached hydrogens (tertiary/aromatic N) is 5. The fourth-order valence-electron chi connectivity index (χ4n) is 4.27. The molecule has 0 aromatic carbocycles. The maximum Gasteiger partial charge on any atom is 0.260 e. The maximum atomic E-state index is 13.5. The van der Waals surface area contributed by atoms with Crippen molar-refractivity contribution in [3.8, 4) is 0 Å². The Labute approximate surface area is 222 Å². The summed E-state index contributed by atoms with van der Waals surface area (Å²) in [5, 5.41) is 3.80. The monoisotopic (exact) mass is 542 g/mol. The molecule has 3 aromatic rings. The van der Waals surface area contributed by atoms with Crippen molar-refractivity contribution in [3.05, 3.63) is 49.8 Å². The van der Waals surface area contributed by atoms with Crippen molar-refractivity contribution >= 4 is 58.2 Å². The number of rotatable bonds is 7. The number of fused-ring (bicyclic) bond motifs is 1. The van der Waals surface area contributed by atoms with Crippen molar-refractivity contribution in [1.29, 1.82) is 0 Å². The molecule has 37 heavy (non-hydrogen) atoms. The second-order valence-corrected chi connectivity index (χ2v) is 10.5. The first-order valence-corrected chi connectivity index (χ1v) is 13.1. The molecule has 0 atom stereocenters. The van der Waals surface area contributed by atoms with E-state index in [-0.39, 0.29) is 29.5 Å². The average molecular weight is 543 g/mol. The Balaban J connectivity index is 1.35. The summed E-state index contributed by atoms with van der Waals surface area (Å²) in [5.74, 6) is -0.178. The number of halogens is 1. The Hall–Kier alpha value is -3.32. The van der Waals surface area contributed by atoms with E-state index in [9.17, 15) is 9.59 Å². The van der Waals surface area contributed by atoms with Crippen LogP contribution in [-0.2, 0) is 16.1 Å². The molecule has 0 saturated carbocycles. The lowest BCUT2D eigenvalue weighted by Crippen LogP contribution is -2.41. The Bertz CT molecular complexity index is 1360. The molecule has 2 aliphatic rings. The number of hydrogen-bond acceptors (Lipinski definition) is 9. The Morgan fingerprint density at radius 2 is 2.08 bits per heavy atom. The first-order valence-electron chi connectivity index (χ1n) is 11.9. The molecular formula is C24H27ClN8O3S. The van der Waals surface area contributed by atoms with Gasteiger partial charge in [0.15, 0.2) is 5.82 Å². The molecule has 1 saturated heterocycles. The first-order chi connectivity index (χ1) is 17.8. The first kappa shape index (κ1) is 25.3. The molecule has 0 unspecified atom stereocenters. The Morgan fingerprint density at radius 1 is 1.30 bits per heavy atom. The highest BCUT2D eigenvalue weighted by Gasteiger charge is 2.37. The van der Waals surface area contributed by atoms with Crippen molar-refractivity contribution in [3.63, 3.8) is 0 Å². The van der Waals surface area contributed by atoms with Crippen LogP contribution in [0, 0.1) is 13.8 Å². The van der Waals surface area contributed by atoms with Crippen molar-refractivity contribution < 1.29 is 14.3 Å². The molecule has 4 N–H and O–H groups in total. The smallest absolute Gasteiger partial charge is 0.260 e. The lowest BCUT2D eigenvalue weighted by Gasteiger charge is -2.26. The molecule has 3 aromatic heterocycles. The summed E-state index contributed by atoms with van der Waals surface area (Å²) in [5.41, 5.74) is 8.51. The summed E-state index contributed by atoms with van der Waals surface area (Å²) in [6, 6.07) is 1.69. The summed E-state index contributed by atoms with van der Waals surface area (Å²) in [6.45, 7) is 8.61. The van der Waals surface area contributed by atoms with Gasteiger partial charge in [-0.15, -0.1) is 11.3 Å². The van der Waals surface area contributed by atoms with E-state index in [1.807, 2.05) is 13.8 Å². The highest BCUT2D eigenvalue weighted by Crippen LogP contribution is 2.41. The molecule has 0 bridgehead atoms. The quantitative estimate of drug-likeness (QED) is 0.305. The number of aromatic nitrogens is 4. The van der Waals surface area contributed by atoms with Crippen molar-refractivity contribution in [2.45, 2.75) is 20.4 Å². The van der Waals surface area contributed by atoms with Gasteiger partial charge in [-0.3, -0.25) is 19.4 Å². The highest BCUT2D eigenvalue weighted by atomic mass is 35.5. The predicted molar refractivity (Wildman–Crippen MR) is 142 cm³/mol. The second-order valence-electron chi connectivity index (χ2n) is 8.82. The van der Waals surface area contributed by atoms with Gasteiger partial charge >= 0.3 is 0 Å². The van der Waals surface area contributed by atoms with Crippen molar-refractivity contribution in [2.75, 3.05) is 50.0 Å². The minimum atomic E-state index is -0.298. The number of anilines is 2. The van der Waals surface area contributed by atoms with Crippen LogP contribution in [0.25, 0.3) is 11.6 Å². The minimum absolute atomic E-state index is 0.0230. The Morgan fingerprint density at radius 3 is 2.81 bits per heavy atom. The summed E-state index contributed by atoms with van der Waals surface area (Å²) in [7, 11) is 0. The van der Waals surface area contributed by atoms with Crippen LogP contribution >= 0.6 is 22.9 Å². The lowest BCUT2D eigenvalue weighted by atomic mass is 10.1. The maximum absolute atomic E-state index is 13.5.